The fourth-order valence-electron chi connectivity index (χ4n) is 3.08. The summed E-state index contributed by atoms with van der Waals surface area (Å²) in [5, 5.41) is 1.12. The first-order valence-corrected chi connectivity index (χ1v) is 7.00. The first-order valence-electron chi connectivity index (χ1n) is 5.80. The molecule has 2 N–H and O–H groups in total. The topological polar surface area (TPSA) is 42.1 Å². The minimum atomic E-state index is 0. The number of rotatable bonds is 2. The average molecular weight is 294 g/mol. The molecule has 2 aliphatic rings. The Bertz CT molecular complexity index is 385. The molecule has 3 atom stereocenters. The zero-order chi connectivity index (χ0) is 11.1. The molecule has 17 heavy (non-hydrogen) atoms. The Balaban J connectivity index is 0.00000108. The third-order valence-electron chi connectivity index (χ3n) is 3.87. The minimum Gasteiger partial charge on any atom is -0.327 e. The van der Waals surface area contributed by atoms with E-state index in [1.807, 2.05) is 0 Å². The zero-order valence-electron chi connectivity index (χ0n) is 9.51. The van der Waals surface area contributed by atoms with Crippen LogP contribution in [0.2, 0.25) is 4.34 Å². The van der Waals surface area contributed by atoms with Crippen molar-refractivity contribution < 1.29 is 0 Å². The first-order chi connectivity index (χ1) is 7.72. The van der Waals surface area contributed by atoms with Gasteiger partial charge in [0.1, 0.15) is 9.34 Å². The normalized spacial score (nSPS) is 32.5. The summed E-state index contributed by atoms with van der Waals surface area (Å²) in [6, 6.07) is 0.426. The SMILES string of the molecule is Cl.NC1CCC2CN(Cc3ncc(Cl)s3)CC12. The molecule has 1 saturated carbocycles. The number of nitrogens with two attached hydrogens (primary N) is 1. The van der Waals surface area contributed by atoms with Gasteiger partial charge in [-0.05, 0) is 24.7 Å². The molecule has 96 valence electrons. The number of hydrogen-bond acceptors (Lipinski definition) is 4. The molecule has 3 rings (SSSR count). The van der Waals surface area contributed by atoms with Gasteiger partial charge in [-0.3, -0.25) is 4.90 Å². The van der Waals surface area contributed by atoms with Crippen LogP contribution < -0.4 is 5.73 Å². The van der Waals surface area contributed by atoms with Crippen LogP contribution >= 0.6 is 35.3 Å². The summed E-state index contributed by atoms with van der Waals surface area (Å²) in [5.74, 6) is 1.54. The second-order valence-electron chi connectivity index (χ2n) is 4.92. The monoisotopic (exact) mass is 293 g/mol. The highest BCUT2D eigenvalue weighted by molar-refractivity contribution is 7.15. The van der Waals surface area contributed by atoms with Crippen LogP contribution in [0.4, 0.5) is 0 Å². The van der Waals surface area contributed by atoms with E-state index >= 15 is 0 Å². The highest BCUT2D eigenvalue weighted by atomic mass is 35.5. The Morgan fingerprint density at radius 1 is 1.47 bits per heavy atom. The van der Waals surface area contributed by atoms with E-state index in [0.29, 0.717) is 6.04 Å². The number of aromatic nitrogens is 1. The van der Waals surface area contributed by atoms with Gasteiger partial charge in [0.25, 0.3) is 0 Å². The van der Waals surface area contributed by atoms with E-state index in [2.05, 4.69) is 9.88 Å². The lowest BCUT2D eigenvalue weighted by Gasteiger charge is -2.16. The molecule has 0 bridgehead atoms. The van der Waals surface area contributed by atoms with Gasteiger partial charge in [-0.25, -0.2) is 4.98 Å². The second-order valence-corrected chi connectivity index (χ2v) is 6.66. The molecule has 0 spiro atoms. The van der Waals surface area contributed by atoms with Crippen LogP contribution in [0, 0.1) is 11.8 Å². The molecule has 1 aromatic rings. The maximum absolute atomic E-state index is 6.12. The molecule has 1 saturated heterocycles. The van der Waals surface area contributed by atoms with Crippen molar-refractivity contribution in [1.82, 2.24) is 9.88 Å². The molecule has 1 aliphatic heterocycles. The van der Waals surface area contributed by atoms with E-state index in [1.54, 1.807) is 17.5 Å². The predicted molar refractivity (Wildman–Crippen MR) is 73.8 cm³/mol. The van der Waals surface area contributed by atoms with Gasteiger partial charge in [-0.2, -0.15) is 0 Å². The van der Waals surface area contributed by atoms with Gasteiger partial charge in [0.15, 0.2) is 0 Å². The second kappa shape index (κ2) is 5.41. The molecule has 0 radical (unpaired) electrons. The number of nitrogens with zero attached hydrogens (tertiary/aromatic N) is 2. The molecule has 2 fully saturated rings. The van der Waals surface area contributed by atoms with Crippen molar-refractivity contribution >= 4 is 35.3 Å². The van der Waals surface area contributed by atoms with Gasteiger partial charge in [0, 0.05) is 19.1 Å². The zero-order valence-corrected chi connectivity index (χ0v) is 11.9. The van der Waals surface area contributed by atoms with Crippen molar-refractivity contribution in [3.63, 3.8) is 0 Å². The summed E-state index contributed by atoms with van der Waals surface area (Å²) >= 11 is 7.47. The molecule has 6 heteroatoms. The van der Waals surface area contributed by atoms with Gasteiger partial charge in [0.05, 0.1) is 12.7 Å². The van der Waals surface area contributed by atoms with E-state index in [9.17, 15) is 0 Å². The summed E-state index contributed by atoms with van der Waals surface area (Å²) in [6.07, 6.45) is 4.26. The van der Waals surface area contributed by atoms with Gasteiger partial charge in [0.2, 0.25) is 0 Å². The van der Waals surface area contributed by atoms with Crippen molar-refractivity contribution in [2.45, 2.75) is 25.4 Å². The Labute approximate surface area is 117 Å². The molecular formula is C11H17Cl2N3S. The fourth-order valence-corrected chi connectivity index (χ4v) is 4.08. The number of likely N-dealkylation sites (tertiary alicyclic amines) is 1. The molecule has 2 heterocycles. The van der Waals surface area contributed by atoms with E-state index < -0.39 is 0 Å². The van der Waals surface area contributed by atoms with Crippen LogP contribution in [0.1, 0.15) is 17.8 Å². The van der Waals surface area contributed by atoms with E-state index in [-0.39, 0.29) is 12.4 Å². The van der Waals surface area contributed by atoms with Gasteiger partial charge < -0.3 is 5.73 Å². The van der Waals surface area contributed by atoms with Gasteiger partial charge >= 0.3 is 0 Å². The Morgan fingerprint density at radius 2 is 2.29 bits per heavy atom. The van der Waals surface area contributed by atoms with Crippen LogP contribution in [0.25, 0.3) is 0 Å². The third-order valence-corrected chi connectivity index (χ3v) is 4.97. The minimum absolute atomic E-state index is 0. The van der Waals surface area contributed by atoms with E-state index in [4.69, 9.17) is 17.3 Å². The fraction of sp³-hybridized carbons (Fsp3) is 0.727. The summed E-state index contributed by atoms with van der Waals surface area (Å²) in [4.78, 5) is 6.78. The van der Waals surface area contributed by atoms with Crippen molar-refractivity contribution in [1.29, 1.82) is 0 Å². The average Bonchev–Trinajstić information content (AvgIpc) is 2.88. The number of hydrogen-bond donors (Lipinski definition) is 1. The lowest BCUT2D eigenvalue weighted by Crippen LogP contribution is -2.30. The lowest BCUT2D eigenvalue weighted by atomic mass is 9.98. The van der Waals surface area contributed by atoms with Crippen LogP contribution in [-0.2, 0) is 6.54 Å². The lowest BCUT2D eigenvalue weighted by molar-refractivity contribution is 0.298. The van der Waals surface area contributed by atoms with Gasteiger partial charge in [-0.1, -0.05) is 11.6 Å². The largest absolute Gasteiger partial charge is 0.327 e. The van der Waals surface area contributed by atoms with Crippen molar-refractivity contribution in [2.24, 2.45) is 17.6 Å². The molecule has 1 aromatic heterocycles. The van der Waals surface area contributed by atoms with Crippen molar-refractivity contribution in [3.8, 4) is 0 Å². The summed E-state index contributed by atoms with van der Waals surface area (Å²) < 4.78 is 0.783. The molecule has 1 aliphatic carbocycles. The van der Waals surface area contributed by atoms with Crippen LogP contribution in [-0.4, -0.2) is 29.0 Å². The highest BCUT2D eigenvalue weighted by Gasteiger charge is 2.40. The van der Waals surface area contributed by atoms with Crippen LogP contribution in [0.5, 0.6) is 0 Å². The number of halogens is 2. The Morgan fingerprint density at radius 3 is 2.94 bits per heavy atom. The quantitative estimate of drug-likeness (QED) is 0.910. The summed E-state index contributed by atoms with van der Waals surface area (Å²) in [7, 11) is 0. The summed E-state index contributed by atoms with van der Waals surface area (Å²) in [5.41, 5.74) is 6.12. The molecule has 3 nitrogen and oxygen atoms in total. The molecule has 0 amide bonds. The smallest absolute Gasteiger partial charge is 0.113 e. The Hall–Kier alpha value is 0.130. The standard InChI is InChI=1S/C11H16ClN3S.ClH/c12-10-3-14-11(16-10)6-15-4-7-1-2-9(13)8(7)5-15;/h3,7-9H,1-2,4-6,13H2;1H. The summed E-state index contributed by atoms with van der Waals surface area (Å²) in [6.45, 7) is 3.27. The molecular weight excluding hydrogens is 277 g/mol. The van der Waals surface area contributed by atoms with Crippen molar-refractivity contribution in [3.05, 3.63) is 15.5 Å². The number of fused-ring (bicyclic) bond motifs is 1. The predicted octanol–water partition coefficient (Wildman–Crippen LogP) is 2.39. The third kappa shape index (κ3) is 2.76. The van der Waals surface area contributed by atoms with E-state index in [0.717, 1.165) is 34.3 Å². The maximum Gasteiger partial charge on any atom is 0.113 e. The van der Waals surface area contributed by atoms with Gasteiger partial charge in [-0.15, -0.1) is 23.7 Å². The molecule has 3 unspecified atom stereocenters. The maximum atomic E-state index is 6.12. The van der Waals surface area contributed by atoms with Crippen LogP contribution in [0.3, 0.4) is 0 Å². The molecule has 0 aromatic carbocycles. The highest BCUT2D eigenvalue weighted by Crippen LogP contribution is 2.37. The van der Waals surface area contributed by atoms with E-state index in [1.165, 1.54) is 19.4 Å². The Kier molecular flexibility index (Phi) is 4.31. The first kappa shape index (κ1) is 13.6. The van der Waals surface area contributed by atoms with Crippen molar-refractivity contribution in [2.75, 3.05) is 13.1 Å². The number of thiazole rings is 1. The van der Waals surface area contributed by atoms with Crippen LogP contribution in [0.15, 0.2) is 6.20 Å².